The fourth-order valence-electron chi connectivity index (χ4n) is 1.81. The lowest BCUT2D eigenvalue weighted by atomic mass is 10.4. The normalized spacial score (nSPS) is 11.2. The van der Waals surface area contributed by atoms with Crippen LogP contribution in [0.2, 0.25) is 0 Å². The first-order valence-electron chi connectivity index (χ1n) is 6.05. The van der Waals surface area contributed by atoms with Crippen molar-refractivity contribution in [3.05, 3.63) is 35.0 Å². The molecule has 0 aliphatic carbocycles. The van der Waals surface area contributed by atoms with Crippen molar-refractivity contribution >= 4 is 5.52 Å². The number of nitrogens with zero attached hydrogens (tertiary/aromatic N) is 3. The molecule has 18 heavy (non-hydrogen) atoms. The first kappa shape index (κ1) is 12.8. The summed E-state index contributed by atoms with van der Waals surface area (Å²) in [7, 11) is 1.68. The van der Waals surface area contributed by atoms with E-state index in [-0.39, 0.29) is 5.56 Å². The Morgan fingerprint density at radius 1 is 1.39 bits per heavy atom. The monoisotopic (exact) mass is 250 g/mol. The molecule has 0 aliphatic heterocycles. The predicted octanol–water partition coefficient (Wildman–Crippen LogP) is 0.122. The van der Waals surface area contributed by atoms with Crippen molar-refractivity contribution in [2.24, 2.45) is 0 Å². The van der Waals surface area contributed by atoms with Crippen LogP contribution in [0.3, 0.4) is 0 Å². The third kappa shape index (κ3) is 2.96. The summed E-state index contributed by atoms with van der Waals surface area (Å²) in [6, 6.07) is 1.73. The first-order valence-corrected chi connectivity index (χ1v) is 6.05. The van der Waals surface area contributed by atoms with E-state index in [1.54, 1.807) is 40.8 Å². The number of fused-ring (bicyclic) bond motifs is 1. The summed E-state index contributed by atoms with van der Waals surface area (Å²) in [5, 5.41) is 7.28. The summed E-state index contributed by atoms with van der Waals surface area (Å²) < 4.78 is 8.25. The zero-order valence-corrected chi connectivity index (χ0v) is 10.5. The highest BCUT2D eigenvalue weighted by atomic mass is 16.5. The average Bonchev–Trinajstić information content (AvgIpc) is 2.85. The molecule has 1 N–H and O–H groups in total. The highest BCUT2D eigenvalue weighted by Gasteiger charge is 2.02. The van der Waals surface area contributed by atoms with E-state index < -0.39 is 0 Å². The highest BCUT2D eigenvalue weighted by molar-refractivity contribution is 5.42. The summed E-state index contributed by atoms with van der Waals surface area (Å²) in [5.74, 6) is 0. The fraction of sp³-hybridized carbons (Fsp3) is 0.500. The Morgan fingerprint density at radius 2 is 2.28 bits per heavy atom. The van der Waals surface area contributed by atoms with E-state index >= 15 is 0 Å². The molecule has 0 saturated heterocycles. The van der Waals surface area contributed by atoms with Gasteiger partial charge in [0.1, 0.15) is 5.52 Å². The molecule has 0 radical (unpaired) electrons. The van der Waals surface area contributed by atoms with Gasteiger partial charge in [0.15, 0.2) is 0 Å². The van der Waals surface area contributed by atoms with Gasteiger partial charge in [-0.05, 0) is 19.0 Å². The molecule has 2 aromatic rings. The molecule has 0 aliphatic rings. The Labute approximate surface area is 105 Å². The predicted molar refractivity (Wildman–Crippen MR) is 68.8 cm³/mol. The number of methoxy groups -OCH3 is 1. The van der Waals surface area contributed by atoms with Crippen molar-refractivity contribution in [1.82, 2.24) is 19.5 Å². The van der Waals surface area contributed by atoms with Gasteiger partial charge in [0, 0.05) is 32.6 Å². The summed E-state index contributed by atoms with van der Waals surface area (Å²) >= 11 is 0. The second-order valence-electron chi connectivity index (χ2n) is 4.05. The minimum absolute atomic E-state index is 0.00638. The molecule has 0 spiro atoms. The minimum atomic E-state index is 0.00638. The maximum Gasteiger partial charge on any atom is 0.276 e. The number of ether oxygens (including phenoxy) is 1. The molecule has 0 unspecified atom stereocenters. The molecule has 6 nitrogen and oxygen atoms in total. The van der Waals surface area contributed by atoms with Gasteiger partial charge in [0.25, 0.3) is 5.56 Å². The number of nitrogens with one attached hydrogen (secondary N) is 1. The van der Waals surface area contributed by atoms with Crippen LogP contribution < -0.4 is 10.9 Å². The van der Waals surface area contributed by atoms with Crippen molar-refractivity contribution in [3.63, 3.8) is 0 Å². The van der Waals surface area contributed by atoms with E-state index in [0.29, 0.717) is 18.7 Å². The third-order valence-corrected chi connectivity index (χ3v) is 2.77. The average molecular weight is 250 g/mol. The molecule has 2 rings (SSSR count). The zero-order valence-electron chi connectivity index (χ0n) is 10.5. The molecule has 6 heteroatoms. The Bertz CT molecular complexity index is 546. The van der Waals surface area contributed by atoms with Crippen LogP contribution in [-0.4, -0.2) is 41.0 Å². The molecule has 2 heterocycles. The standard InChI is InChI=1S/C12H18N4O2/c1-18-10-6-13-4-2-7-15-8-9-16-11(12(15)17)3-5-14-16/h3,5,8-9,13H,2,4,6-7,10H2,1H3. The van der Waals surface area contributed by atoms with Crippen LogP contribution in [0, 0.1) is 0 Å². The van der Waals surface area contributed by atoms with Gasteiger partial charge in [0.05, 0.1) is 12.8 Å². The van der Waals surface area contributed by atoms with E-state index in [1.807, 2.05) is 0 Å². The van der Waals surface area contributed by atoms with Crippen LogP contribution in [0.1, 0.15) is 6.42 Å². The smallest absolute Gasteiger partial charge is 0.276 e. The number of aromatic nitrogens is 3. The Hall–Kier alpha value is -1.66. The fourth-order valence-corrected chi connectivity index (χ4v) is 1.81. The second kappa shape index (κ2) is 6.32. The van der Waals surface area contributed by atoms with Crippen LogP contribution >= 0.6 is 0 Å². The van der Waals surface area contributed by atoms with Crippen LogP contribution in [0.5, 0.6) is 0 Å². The van der Waals surface area contributed by atoms with Gasteiger partial charge in [-0.3, -0.25) is 4.79 Å². The quantitative estimate of drug-likeness (QED) is 0.709. The largest absolute Gasteiger partial charge is 0.383 e. The van der Waals surface area contributed by atoms with Gasteiger partial charge < -0.3 is 14.6 Å². The van der Waals surface area contributed by atoms with Crippen molar-refractivity contribution < 1.29 is 4.74 Å². The van der Waals surface area contributed by atoms with Crippen LogP contribution in [0.15, 0.2) is 29.5 Å². The van der Waals surface area contributed by atoms with Crippen molar-refractivity contribution in [3.8, 4) is 0 Å². The number of rotatable bonds is 7. The van der Waals surface area contributed by atoms with E-state index in [0.717, 1.165) is 19.5 Å². The van der Waals surface area contributed by atoms with Gasteiger partial charge in [-0.15, -0.1) is 0 Å². The molecule has 0 amide bonds. The maximum absolute atomic E-state index is 12.0. The van der Waals surface area contributed by atoms with E-state index in [1.165, 1.54) is 0 Å². The number of hydrogen-bond acceptors (Lipinski definition) is 4. The molecular weight excluding hydrogens is 232 g/mol. The number of aryl methyl sites for hydroxylation is 1. The molecule has 98 valence electrons. The Morgan fingerprint density at radius 3 is 3.11 bits per heavy atom. The zero-order chi connectivity index (χ0) is 12.8. The SMILES string of the molecule is COCCNCCCn1ccn2nccc2c1=O. The van der Waals surface area contributed by atoms with Gasteiger partial charge in [0.2, 0.25) is 0 Å². The van der Waals surface area contributed by atoms with Crippen molar-refractivity contribution in [2.75, 3.05) is 26.8 Å². The maximum atomic E-state index is 12.0. The first-order chi connectivity index (χ1) is 8.83. The summed E-state index contributed by atoms with van der Waals surface area (Å²) in [4.78, 5) is 12.0. The second-order valence-corrected chi connectivity index (χ2v) is 4.05. The summed E-state index contributed by atoms with van der Waals surface area (Å²) in [6.45, 7) is 3.13. The topological polar surface area (TPSA) is 60.6 Å². The highest BCUT2D eigenvalue weighted by Crippen LogP contribution is 1.95. The van der Waals surface area contributed by atoms with E-state index in [2.05, 4.69) is 10.4 Å². The van der Waals surface area contributed by atoms with Crippen molar-refractivity contribution in [2.45, 2.75) is 13.0 Å². The number of hydrogen-bond donors (Lipinski definition) is 1. The molecular formula is C12H18N4O2. The molecule has 0 aromatic carbocycles. The van der Waals surface area contributed by atoms with E-state index in [4.69, 9.17) is 4.74 Å². The molecule has 0 saturated carbocycles. The van der Waals surface area contributed by atoms with Crippen LogP contribution in [0.4, 0.5) is 0 Å². The minimum Gasteiger partial charge on any atom is -0.383 e. The van der Waals surface area contributed by atoms with Gasteiger partial charge in [-0.1, -0.05) is 0 Å². The van der Waals surface area contributed by atoms with Crippen LogP contribution in [0.25, 0.3) is 5.52 Å². The molecule has 2 aromatic heterocycles. The summed E-state index contributed by atoms with van der Waals surface area (Å²) in [5.41, 5.74) is 0.622. The third-order valence-electron chi connectivity index (χ3n) is 2.77. The van der Waals surface area contributed by atoms with Gasteiger partial charge in [-0.25, -0.2) is 4.52 Å². The molecule has 0 atom stereocenters. The summed E-state index contributed by atoms with van der Waals surface area (Å²) in [6.07, 6.45) is 6.12. The van der Waals surface area contributed by atoms with Crippen molar-refractivity contribution in [1.29, 1.82) is 0 Å². The lowest BCUT2D eigenvalue weighted by molar-refractivity contribution is 0.199. The lowest BCUT2D eigenvalue weighted by Crippen LogP contribution is -2.25. The lowest BCUT2D eigenvalue weighted by Gasteiger charge is -2.07. The van der Waals surface area contributed by atoms with Gasteiger partial charge in [-0.2, -0.15) is 5.10 Å². The van der Waals surface area contributed by atoms with Gasteiger partial charge >= 0.3 is 0 Å². The van der Waals surface area contributed by atoms with E-state index in [9.17, 15) is 4.79 Å². The molecule has 0 bridgehead atoms. The Kier molecular flexibility index (Phi) is 4.49. The molecule has 0 fully saturated rings. The Balaban J connectivity index is 1.88. The van der Waals surface area contributed by atoms with Crippen LogP contribution in [-0.2, 0) is 11.3 Å².